The molecule has 0 bridgehead atoms. The fraction of sp³-hybridized carbons (Fsp3) is 0.951. The Balaban J connectivity index is 1.30. The van der Waals surface area contributed by atoms with E-state index in [-0.39, 0.29) is 35.5 Å². The summed E-state index contributed by atoms with van der Waals surface area (Å²) < 4.78 is 23.9. The summed E-state index contributed by atoms with van der Waals surface area (Å²) in [6, 6.07) is 0. The summed E-state index contributed by atoms with van der Waals surface area (Å²) in [5.41, 5.74) is -5.85. The third-order valence-electron chi connectivity index (χ3n) is 16.4. The maximum atomic E-state index is 12.4. The highest BCUT2D eigenvalue weighted by atomic mass is 17.1. The Morgan fingerprint density at radius 1 is 0.839 bits per heavy atom. The van der Waals surface area contributed by atoms with Crippen LogP contribution >= 0.6 is 0 Å². The highest BCUT2D eigenvalue weighted by Gasteiger charge is 2.73. The van der Waals surface area contributed by atoms with Crippen molar-refractivity contribution in [3.8, 4) is 0 Å². The number of hydrogen-bond donors (Lipinski definition) is 10. The van der Waals surface area contributed by atoms with Crippen molar-refractivity contribution in [3.63, 3.8) is 0 Å². The van der Waals surface area contributed by atoms with Crippen molar-refractivity contribution in [2.45, 2.75) is 179 Å². The average molecular weight is 803 g/mol. The van der Waals surface area contributed by atoms with Crippen LogP contribution in [0.2, 0.25) is 0 Å². The maximum absolute atomic E-state index is 12.4. The van der Waals surface area contributed by atoms with Gasteiger partial charge in [-0.2, -0.15) is 0 Å². The molecule has 0 aromatic carbocycles. The molecule has 2 saturated heterocycles. The van der Waals surface area contributed by atoms with E-state index in [1.807, 2.05) is 6.92 Å². The Morgan fingerprint density at radius 2 is 1.52 bits per heavy atom. The molecule has 19 unspecified atom stereocenters. The van der Waals surface area contributed by atoms with Gasteiger partial charge >= 0.3 is 0 Å². The highest BCUT2D eigenvalue weighted by molar-refractivity contribution is 5.22. The second-order valence-corrected chi connectivity index (χ2v) is 20.5. The number of rotatable bonds is 11. The summed E-state index contributed by atoms with van der Waals surface area (Å²) in [5.74, 6) is -0.731. The normalized spacial score (nSPS) is 51.7. The number of aliphatic hydroxyl groups is 9. The molecule has 0 aromatic heterocycles. The number of fused-ring (bicyclic) bond motifs is 5. The van der Waals surface area contributed by atoms with Crippen LogP contribution in [-0.2, 0) is 23.8 Å². The first-order valence-electron chi connectivity index (χ1n) is 20.5. The first-order valence-corrected chi connectivity index (χ1v) is 20.5. The third kappa shape index (κ3) is 7.05. The van der Waals surface area contributed by atoms with Gasteiger partial charge in [-0.3, -0.25) is 5.26 Å². The van der Waals surface area contributed by atoms with Gasteiger partial charge in [0.2, 0.25) is 0 Å². The molecule has 0 aromatic rings. The van der Waals surface area contributed by atoms with E-state index in [1.54, 1.807) is 26.0 Å². The Hall–Kier alpha value is -0.860. The topological polar surface area (TPSA) is 248 Å². The maximum Gasteiger partial charge on any atom is 0.187 e. The molecule has 6 rings (SSSR count). The quantitative estimate of drug-likeness (QED) is 0.0802. The van der Waals surface area contributed by atoms with Crippen LogP contribution in [0.1, 0.15) is 100 Å². The molecule has 19 atom stereocenters. The molecule has 15 heteroatoms. The van der Waals surface area contributed by atoms with Crippen molar-refractivity contribution >= 4 is 0 Å². The van der Waals surface area contributed by atoms with Crippen molar-refractivity contribution in [3.05, 3.63) is 12.2 Å². The minimum Gasteiger partial charge on any atom is -0.393 e. The Kier molecular flexibility index (Phi) is 12.2. The summed E-state index contributed by atoms with van der Waals surface area (Å²) in [6.45, 7) is 14.5. The van der Waals surface area contributed by atoms with Gasteiger partial charge in [0.25, 0.3) is 0 Å². The van der Waals surface area contributed by atoms with E-state index >= 15 is 0 Å². The number of hydrogen-bond acceptors (Lipinski definition) is 15. The predicted octanol–water partition coefficient (Wildman–Crippen LogP) is 1.23. The highest BCUT2D eigenvalue weighted by Crippen LogP contribution is 2.76. The predicted molar refractivity (Wildman–Crippen MR) is 199 cm³/mol. The van der Waals surface area contributed by atoms with Crippen molar-refractivity contribution < 1.29 is 75.1 Å². The van der Waals surface area contributed by atoms with Gasteiger partial charge in [-0.25, -0.2) is 4.89 Å². The molecule has 324 valence electrons. The second kappa shape index (κ2) is 15.2. The molecule has 4 aliphatic carbocycles. The van der Waals surface area contributed by atoms with Crippen LogP contribution in [0, 0.1) is 45.3 Å². The molecule has 6 aliphatic rings. The Bertz CT molecular complexity index is 1430. The van der Waals surface area contributed by atoms with Gasteiger partial charge in [0, 0.05) is 0 Å². The van der Waals surface area contributed by atoms with E-state index in [0.717, 1.165) is 12.8 Å². The van der Waals surface area contributed by atoms with Crippen LogP contribution in [-0.4, -0.2) is 149 Å². The van der Waals surface area contributed by atoms with E-state index in [4.69, 9.17) is 18.9 Å². The Morgan fingerprint density at radius 3 is 2.14 bits per heavy atom. The van der Waals surface area contributed by atoms with Crippen molar-refractivity contribution in [2.75, 3.05) is 19.8 Å². The van der Waals surface area contributed by atoms with Gasteiger partial charge in [-0.05, 0) is 111 Å². The van der Waals surface area contributed by atoms with E-state index < -0.39 is 114 Å². The van der Waals surface area contributed by atoms with E-state index in [2.05, 4.69) is 39.5 Å². The van der Waals surface area contributed by atoms with Gasteiger partial charge in [0.1, 0.15) is 41.7 Å². The molecular formula is C41H70O15. The first-order chi connectivity index (χ1) is 25.9. The fourth-order valence-electron chi connectivity index (χ4n) is 13.1. The summed E-state index contributed by atoms with van der Waals surface area (Å²) in [6.07, 6.45) is -5.29. The van der Waals surface area contributed by atoms with E-state index in [9.17, 15) is 51.2 Å². The Labute approximate surface area is 330 Å². The summed E-state index contributed by atoms with van der Waals surface area (Å²) >= 11 is 0. The molecule has 15 nitrogen and oxygen atoms in total. The number of aliphatic hydroxyl groups excluding tert-OH is 8. The van der Waals surface area contributed by atoms with Gasteiger partial charge in [-0.1, -0.05) is 46.8 Å². The zero-order valence-corrected chi connectivity index (χ0v) is 34.3. The summed E-state index contributed by atoms with van der Waals surface area (Å²) in [5, 5.41) is 109. The van der Waals surface area contributed by atoms with Crippen molar-refractivity contribution in [1.29, 1.82) is 0 Å². The molecule has 0 amide bonds. The lowest BCUT2D eigenvalue weighted by Gasteiger charge is -2.71. The minimum absolute atomic E-state index is 0.0661. The van der Waals surface area contributed by atoms with Crippen LogP contribution in [0.3, 0.4) is 0 Å². The summed E-state index contributed by atoms with van der Waals surface area (Å²) in [7, 11) is 0. The zero-order valence-electron chi connectivity index (χ0n) is 34.3. The zero-order chi connectivity index (χ0) is 41.6. The van der Waals surface area contributed by atoms with E-state index in [0.29, 0.717) is 25.7 Å². The lowest BCUT2D eigenvalue weighted by atomic mass is 9.34. The molecule has 6 fully saturated rings. The van der Waals surface area contributed by atoms with Gasteiger partial charge in [0.05, 0.1) is 43.7 Å². The van der Waals surface area contributed by atoms with Gasteiger partial charge in [0.15, 0.2) is 12.6 Å². The molecule has 4 saturated carbocycles. The fourth-order valence-corrected chi connectivity index (χ4v) is 13.1. The van der Waals surface area contributed by atoms with Crippen LogP contribution in [0.5, 0.6) is 0 Å². The standard InChI is InChI=1S/C41H70O15/c1-35(2,56-51)12-9-13-40(8,55-33-30(48)29(47)28(46)24(54-33)18-52-34-32(49)41(50,19-42)20-53-34)21-10-15-38(6)27(21)22(43)16-25-37(5)14-11-26(45)36(3,4)31(37)23(44)17-39(25,38)7/h9,12,21-34,42-51H,10-11,13-20H2,1-8H3. The molecule has 2 heterocycles. The monoisotopic (exact) mass is 802 g/mol. The molecule has 0 radical (unpaired) electrons. The second-order valence-electron chi connectivity index (χ2n) is 20.5. The largest absolute Gasteiger partial charge is 0.393 e. The molecule has 2 aliphatic heterocycles. The smallest absolute Gasteiger partial charge is 0.187 e. The van der Waals surface area contributed by atoms with Gasteiger partial charge < -0.3 is 64.9 Å². The average Bonchev–Trinajstić information content (AvgIpc) is 3.65. The molecule has 10 N–H and O–H groups in total. The lowest BCUT2D eigenvalue weighted by Crippen LogP contribution is -2.70. The lowest BCUT2D eigenvalue weighted by molar-refractivity contribution is -0.340. The third-order valence-corrected chi connectivity index (χ3v) is 16.4. The number of ether oxygens (including phenoxy) is 4. The van der Waals surface area contributed by atoms with Crippen molar-refractivity contribution in [2.24, 2.45) is 45.3 Å². The molecular weight excluding hydrogens is 732 g/mol. The minimum atomic E-state index is -1.94. The van der Waals surface area contributed by atoms with Crippen molar-refractivity contribution in [1.82, 2.24) is 0 Å². The van der Waals surface area contributed by atoms with Crippen LogP contribution in [0.25, 0.3) is 0 Å². The van der Waals surface area contributed by atoms with Gasteiger partial charge in [-0.15, -0.1) is 0 Å². The molecule has 0 spiro atoms. The first kappa shape index (κ1) is 44.7. The van der Waals surface area contributed by atoms with E-state index in [1.165, 1.54) is 0 Å². The molecule has 56 heavy (non-hydrogen) atoms. The van der Waals surface area contributed by atoms with Crippen LogP contribution < -0.4 is 0 Å². The summed E-state index contributed by atoms with van der Waals surface area (Å²) in [4.78, 5) is 4.65. The SMILES string of the molecule is CC(C)(C=CCC(C)(OC1OC(COC2OCC(O)(CO)C2O)C(O)C(O)C1O)C1CCC2(C)C1C(O)CC1C3(C)CCC(O)C(C)(C)C3C(O)CC12C)OO. The van der Waals surface area contributed by atoms with Crippen LogP contribution in [0.15, 0.2) is 12.2 Å². The van der Waals surface area contributed by atoms with Crippen LogP contribution in [0.4, 0.5) is 0 Å².